The standard InChI is InChI=1S/C16H24N2O4/c1-3-4-8-11-17-16(21)22-15(20)14(19)18-12(2)13-9-6-5-7-10-13/h5-7,9-10,12,15,20H,3-4,8,11H2,1-2H3,(H,17,21)(H,18,19)/t12-,15?/m1/s1. The van der Waals surface area contributed by atoms with Gasteiger partial charge in [0.1, 0.15) is 0 Å². The largest absolute Gasteiger partial charge is 0.410 e. The molecule has 2 amide bonds. The van der Waals surface area contributed by atoms with Crippen molar-refractivity contribution in [3.63, 3.8) is 0 Å². The number of aliphatic hydroxyl groups excluding tert-OH is 1. The van der Waals surface area contributed by atoms with Crippen LogP contribution in [0.1, 0.15) is 44.7 Å². The Kier molecular flexibility index (Phi) is 7.99. The molecule has 0 fully saturated rings. The molecule has 6 heteroatoms. The second-order valence-electron chi connectivity index (χ2n) is 5.03. The van der Waals surface area contributed by atoms with Crippen LogP contribution >= 0.6 is 0 Å². The smallest absolute Gasteiger partial charge is 0.409 e. The molecule has 2 atom stereocenters. The quantitative estimate of drug-likeness (QED) is 0.507. The molecule has 0 aliphatic heterocycles. The van der Waals surface area contributed by atoms with E-state index in [4.69, 9.17) is 0 Å². The normalized spacial score (nSPS) is 13.0. The summed E-state index contributed by atoms with van der Waals surface area (Å²) in [6.07, 6.45) is 0.249. The minimum Gasteiger partial charge on any atom is -0.410 e. The zero-order valence-electron chi connectivity index (χ0n) is 13.0. The van der Waals surface area contributed by atoms with Gasteiger partial charge in [0.2, 0.25) is 0 Å². The Balaban J connectivity index is 2.34. The lowest BCUT2D eigenvalue weighted by Crippen LogP contribution is -2.41. The van der Waals surface area contributed by atoms with Crippen molar-refractivity contribution in [2.75, 3.05) is 6.54 Å². The van der Waals surface area contributed by atoms with Gasteiger partial charge in [-0.05, 0) is 18.9 Å². The van der Waals surface area contributed by atoms with Crippen LogP contribution in [0, 0.1) is 0 Å². The van der Waals surface area contributed by atoms with Gasteiger partial charge in [-0.1, -0.05) is 50.1 Å². The zero-order valence-corrected chi connectivity index (χ0v) is 13.0. The highest BCUT2D eigenvalue weighted by Crippen LogP contribution is 2.11. The molecule has 3 N–H and O–H groups in total. The number of amides is 2. The molecule has 0 spiro atoms. The highest BCUT2D eigenvalue weighted by molar-refractivity contribution is 5.82. The summed E-state index contributed by atoms with van der Waals surface area (Å²) in [5, 5.41) is 14.7. The lowest BCUT2D eigenvalue weighted by Gasteiger charge is -2.17. The van der Waals surface area contributed by atoms with E-state index < -0.39 is 18.3 Å². The molecule has 0 aliphatic rings. The van der Waals surface area contributed by atoms with Crippen LogP contribution in [0.25, 0.3) is 0 Å². The Labute approximate surface area is 130 Å². The fraction of sp³-hybridized carbons (Fsp3) is 0.500. The van der Waals surface area contributed by atoms with Gasteiger partial charge in [0.25, 0.3) is 12.2 Å². The molecule has 6 nitrogen and oxygen atoms in total. The van der Waals surface area contributed by atoms with Gasteiger partial charge in [-0.25, -0.2) is 4.79 Å². The second-order valence-corrected chi connectivity index (χ2v) is 5.03. The molecule has 1 unspecified atom stereocenters. The molecule has 0 aliphatic carbocycles. The fourth-order valence-electron chi connectivity index (χ4n) is 1.87. The van der Waals surface area contributed by atoms with Gasteiger partial charge in [0.05, 0.1) is 6.04 Å². The van der Waals surface area contributed by atoms with Crippen LogP contribution in [-0.4, -0.2) is 29.9 Å². The van der Waals surface area contributed by atoms with Crippen LogP contribution < -0.4 is 10.6 Å². The number of ether oxygens (including phenoxy) is 1. The van der Waals surface area contributed by atoms with Crippen molar-refractivity contribution in [3.05, 3.63) is 35.9 Å². The number of carbonyl (C=O) groups is 2. The summed E-state index contributed by atoms with van der Waals surface area (Å²) in [6, 6.07) is 9.01. The molecule has 0 saturated carbocycles. The number of aliphatic hydroxyl groups is 1. The van der Waals surface area contributed by atoms with E-state index in [2.05, 4.69) is 22.3 Å². The molecule has 1 aromatic carbocycles. The maximum atomic E-state index is 11.8. The predicted octanol–water partition coefficient (Wildman–Crippen LogP) is 2.10. The molecule has 122 valence electrons. The van der Waals surface area contributed by atoms with Gasteiger partial charge in [0.15, 0.2) is 0 Å². The minimum absolute atomic E-state index is 0.292. The third-order valence-electron chi connectivity index (χ3n) is 3.15. The molecule has 0 bridgehead atoms. The first kappa shape index (κ1) is 18.0. The molecule has 0 aromatic heterocycles. The Morgan fingerprint density at radius 3 is 2.55 bits per heavy atom. The van der Waals surface area contributed by atoms with E-state index in [1.807, 2.05) is 30.3 Å². The Morgan fingerprint density at radius 2 is 1.91 bits per heavy atom. The summed E-state index contributed by atoms with van der Waals surface area (Å²) in [5.41, 5.74) is 0.895. The molecule has 1 aromatic rings. The Morgan fingerprint density at radius 1 is 1.23 bits per heavy atom. The highest BCUT2D eigenvalue weighted by atomic mass is 16.6. The minimum atomic E-state index is -1.82. The summed E-state index contributed by atoms with van der Waals surface area (Å²) in [7, 11) is 0. The number of rotatable bonds is 8. The van der Waals surface area contributed by atoms with Crippen molar-refractivity contribution in [2.24, 2.45) is 0 Å². The van der Waals surface area contributed by atoms with Gasteiger partial charge in [-0.2, -0.15) is 0 Å². The molecule has 0 saturated heterocycles. The number of carbonyl (C=O) groups excluding carboxylic acids is 2. The first-order chi connectivity index (χ1) is 10.5. The first-order valence-electron chi connectivity index (χ1n) is 7.52. The summed E-state index contributed by atoms with van der Waals surface area (Å²) < 4.78 is 4.62. The fourth-order valence-corrected chi connectivity index (χ4v) is 1.87. The van der Waals surface area contributed by atoms with Gasteiger partial charge < -0.3 is 20.5 Å². The molecular formula is C16H24N2O4. The van der Waals surface area contributed by atoms with Crippen LogP contribution in [0.4, 0.5) is 4.79 Å². The topological polar surface area (TPSA) is 87.7 Å². The van der Waals surface area contributed by atoms with Crippen molar-refractivity contribution in [3.8, 4) is 0 Å². The van der Waals surface area contributed by atoms with E-state index >= 15 is 0 Å². The number of benzene rings is 1. The average Bonchev–Trinajstić information content (AvgIpc) is 2.52. The summed E-state index contributed by atoms with van der Waals surface area (Å²) in [4.78, 5) is 23.2. The lowest BCUT2D eigenvalue weighted by molar-refractivity contribution is -0.148. The molecule has 22 heavy (non-hydrogen) atoms. The third kappa shape index (κ3) is 6.58. The van der Waals surface area contributed by atoms with Crippen LogP contribution in [0.3, 0.4) is 0 Å². The van der Waals surface area contributed by atoms with E-state index in [1.54, 1.807) is 6.92 Å². The van der Waals surface area contributed by atoms with Gasteiger partial charge in [0, 0.05) is 6.54 Å². The highest BCUT2D eigenvalue weighted by Gasteiger charge is 2.21. The number of nitrogens with one attached hydrogen (secondary N) is 2. The summed E-state index contributed by atoms with van der Waals surface area (Å²) in [6.45, 7) is 4.30. The predicted molar refractivity (Wildman–Crippen MR) is 83.0 cm³/mol. The Hall–Kier alpha value is -2.08. The van der Waals surface area contributed by atoms with Crippen molar-refractivity contribution < 1.29 is 19.4 Å². The van der Waals surface area contributed by atoms with Crippen molar-refractivity contribution >= 4 is 12.0 Å². The number of hydrogen-bond acceptors (Lipinski definition) is 4. The van der Waals surface area contributed by atoms with Crippen LogP contribution in [0.5, 0.6) is 0 Å². The van der Waals surface area contributed by atoms with Crippen LogP contribution in [-0.2, 0) is 9.53 Å². The van der Waals surface area contributed by atoms with E-state index in [0.717, 1.165) is 24.8 Å². The summed E-state index contributed by atoms with van der Waals surface area (Å²) >= 11 is 0. The molecule has 0 radical (unpaired) electrons. The van der Waals surface area contributed by atoms with Gasteiger partial charge in [-0.15, -0.1) is 0 Å². The maximum absolute atomic E-state index is 11.8. The van der Waals surface area contributed by atoms with Gasteiger partial charge >= 0.3 is 6.09 Å². The van der Waals surface area contributed by atoms with E-state index in [0.29, 0.717) is 6.54 Å². The third-order valence-corrected chi connectivity index (χ3v) is 3.15. The number of alkyl carbamates (subject to hydrolysis) is 1. The first-order valence-corrected chi connectivity index (χ1v) is 7.52. The second kappa shape index (κ2) is 9.78. The number of unbranched alkanes of at least 4 members (excludes halogenated alkanes) is 2. The van der Waals surface area contributed by atoms with Crippen LogP contribution in [0.15, 0.2) is 30.3 Å². The average molecular weight is 308 g/mol. The number of hydrogen-bond donors (Lipinski definition) is 3. The van der Waals surface area contributed by atoms with Crippen molar-refractivity contribution in [1.82, 2.24) is 10.6 Å². The molecular weight excluding hydrogens is 284 g/mol. The van der Waals surface area contributed by atoms with E-state index in [9.17, 15) is 14.7 Å². The summed E-state index contributed by atoms with van der Waals surface area (Å²) in [5.74, 6) is -0.750. The maximum Gasteiger partial charge on any atom is 0.409 e. The monoisotopic (exact) mass is 308 g/mol. The van der Waals surface area contributed by atoms with E-state index in [1.165, 1.54) is 0 Å². The van der Waals surface area contributed by atoms with Crippen molar-refractivity contribution in [2.45, 2.75) is 45.4 Å². The van der Waals surface area contributed by atoms with Crippen molar-refractivity contribution in [1.29, 1.82) is 0 Å². The molecule has 1 rings (SSSR count). The molecule has 0 heterocycles. The van der Waals surface area contributed by atoms with E-state index in [-0.39, 0.29) is 6.04 Å². The van der Waals surface area contributed by atoms with Gasteiger partial charge in [-0.3, -0.25) is 4.79 Å². The zero-order chi connectivity index (χ0) is 16.4. The Bertz CT molecular complexity index is 464. The lowest BCUT2D eigenvalue weighted by atomic mass is 10.1. The van der Waals surface area contributed by atoms with Crippen LogP contribution in [0.2, 0.25) is 0 Å². The SMILES string of the molecule is CCCCCNC(=O)OC(O)C(=O)N[C@H](C)c1ccccc1.